The van der Waals surface area contributed by atoms with Gasteiger partial charge in [0.05, 0.1) is 17.6 Å². The minimum Gasteiger partial charge on any atom is -0.352 e. The molecule has 3 aromatic rings. The van der Waals surface area contributed by atoms with Crippen molar-refractivity contribution in [1.82, 2.24) is 0 Å². The van der Waals surface area contributed by atoms with Gasteiger partial charge in [-0.2, -0.15) is 13.2 Å². The number of fused-ring (bicyclic) bond motifs is 5. The minimum atomic E-state index is -4.54. The lowest BCUT2D eigenvalue weighted by molar-refractivity contribution is -0.137. The molecule has 0 radical (unpaired) electrons. The van der Waals surface area contributed by atoms with E-state index in [1.54, 1.807) is 30.3 Å². The maximum Gasteiger partial charge on any atom is 0.416 e. The average molecular weight is 502 g/mol. The van der Waals surface area contributed by atoms with Crippen LogP contribution in [0.5, 0.6) is 0 Å². The molecule has 2 aliphatic heterocycles. The van der Waals surface area contributed by atoms with Crippen LogP contribution in [0.1, 0.15) is 55.8 Å². The Morgan fingerprint density at radius 2 is 1.54 bits per heavy atom. The molecule has 6 rings (SSSR count). The van der Waals surface area contributed by atoms with E-state index >= 15 is 0 Å². The van der Waals surface area contributed by atoms with Gasteiger partial charge < -0.3 is 4.90 Å². The van der Waals surface area contributed by atoms with Crippen molar-refractivity contribution in [2.24, 2.45) is 5.41 Å². The number of halogens is 3. The fourth-order valence-corrected chi connectivity index (χ4v) is 6.48. The van der Waals surface area contributed by atoms with Gasteiger partial charge in [0.2, 0.25) is 0 Å². The number of hydrogen-bond donors (Lipinski definition) is 0. The molecule has 7 heteroatoms. The number of carbonyl (C=O) groups excluding carboxylic acids is 3. The highest BCUT2D eigenvalue weighted by Gasteiger charge is 2.71. The van der Waals surface area contributed by atoms with Crippen molar-refractivity contribution in [3.63, 3.8) is 0 Å². The number of aryl methyl sites for hydroxylation is 1. The molecule has 3 aromatic carbocycles. The third-order valence-electron chi connectivity index (χ3n) is 7.98. The SMILES string of the molecule is CC(=O)[C@@H]1[C@H](c2ccc(C(F)(F)F)cc2)C2(C(=O)c3ccccc3C2=O)[C@H]2C=Cc3ccc(C)cc3N12. The third-order valence-corrected chi connectivity index (χ3v) is 7.98. The van der Waals surface area contributed by atoms with Crippen LogP contribution in [-0.2, 0) is 11.0 Å². The molecule has 1 spiro atoms. The van der Waals surface area contributed by atoms with Gasteiger partial charge in [0, 0.05) is 22.7 Å². The van der Waals surface area contributed by atoms with Gasteiger partial charge in [-0.05, 0) is 48.7 Å². The molecule has 1 saturated heterocycles. The second-order valence-electron chi connectivity index (χ2n) is 10.00. The van der Waals surface area contributed by atoms with Gasteiger partial charge >= 0.3 is 6.18 Å². The quantitative estimate of drug-likeness (QED) is 0.402. The van der Waals surface area contributed by atoms with Gasteiger partial charge in [-0.1, -0.05) is 60.7 Å². The monoisotopic (exact) mass is 501 g/mol. The molecule has 0 aromatic heterocycles. The van der Waals surface area contributed by atoms with Crippen LogP contribution < -0.4 is 4.90 Å². The number of benzene rings is 3. The zero-order valence-electron chi connectivity index (χ0n) is 20.0. The fraction of sp³-hybridized carbons (Fsp3) is 0.233. The molecular formula is C30H22F3NO3. The van der Waals surface area contributed by atoms with Crippen molar-refractivity contribution >= 4 is 29.1 Å². The lowest BCUT2D eigenvalue weighted by Crippen LogP contribution is -2.48. The normalized spacial score (nSPS) is 23.3. The number of rotatable bonds is 2. The van der Waals surface area contributed by atoms with Crippen LogP contribution in [-0.4, -0.2) is 29.4 Å². The third kappa shape index (κ3) is 3.06. The maximum atomic E-state index is 14.3. The molecule has 3 atom stereocenters. The van der Waals surface area contributed by atoms with E-state index in [2.05, 4.69) is 0 Å². The Balaban J connectivity index is 1.65. The van der Waals surface area contributed by atoms with E-state index in [-0.39, 0.29) is 16.9 Å². The number of hydrogen-bond acceptors (Lipinski definition) is 4. The van der Waals surface area contributed by atoms with E-state index in [4.69, 9.17) is 0 Å². The van der Waals surface area contributed by atoms with Gasteiger partial charge in [-0.25, -0.2) is 0 Å². The lowest BCUT2D eigenvalue weighted by Gasteiger charge is -2.37. The first kappa shape index (κ1) is 23.4. The van der Waals surface area contributed by atoms with Crippen molar-refractivity contribution < 1.29 is 27.6 Å². The Hall–Kier alpha value is -4.00. The standard InChI is InChI=1S/C30H22F3NO3/c1-16-7-8-18-11-14-24-29(27(36)21-5-3-4-6-22(21)28(29)37)25(26(17(2)35)34(24)23(18)15-16)19-9-12-20(13-10-19)30(31,32)33/h3-15,24-26H,1-2H3/t24-,25+,26-/m1/s1. The summed E-state index contributed by atoms with van der Waals surface area (Å²) in [6.45, 7) is 3.32. The number of Topliss-reactive ketones (excluding diaryl/α,β-unsaturated/α-hetero) is 3. The molecule has 0 N–H and O–H groups in total. The molecule has 0 bridgehead atoms. The van der Waals surface area contributed by atoms with Crippen LogP contribution in [0, 0.1) is 12.3 Å². The summed E-state index contributed by atoms with van der Waals surface area (Å²) < 4.78 is 40.1. The van der Waals surface area contributed by atoms with Gasteiger partial charge in [0.15, 0.2) is 17.3 Å². The van der Waals surface area contributed by atoms with Gasteiger partial charge in [0.25, 0.3) is 0 Å². The summed E-state index contributed by atoms with van der Waals surface area (Å²) >= 11 is 0. The van der Waals surface area contributed by atoms with Crippen molar-refractivity contribution in [3.8, 4) is 0 Å². The molecule has 0 unspecified atom stereocenters. The van der Waals surface area contributed by atoms with Crippen molar-refractivity contribution in [1.29, 1.82) is 0 Å². The highest BCUT2D eigenvalue weighted by atomic mass is 19.4. The molecule has 1 fully saturated rings. The van der Waals surface area contributed by atoms with Crippen molar-refractivity contribution in [2.75, 3.05) is 4.90 Å². The zero-order valence-corrected chi connectivity index (χ0v) is 20.0. The van der Waals surface area contributed by atoms with Crippen LogP contribution in [0.2, 0.25) is 0 Å². The van der Waals surface area contributed by atoms with E-state index in [0.29, 0.717) is 5.56 Å². The highest BCUT2D eigenvalue weighted by Crippen LogP contribution is 2.60. The number of anilines is 1. The number of carbonyl (C=O) groups is 3. The summed E-state index contributed by atoms with van der Waals surface area (Å²) in [6.07, 6.45) is -0.898. The zero-order chi connectivity index (χ0) is 26.3. The molecule has 186 valence electrons. The first-order chi connectivity index (χ1) is 17.6. The molecule has 1 aliphatic carbocycles. The Labute approximate surface area is 211 Å². The van der Waals surface area contributed by atoms with Crippen LogP contribution in [0.25, 0.3) is 6.08 Å². The summed E-state index contributed by atoms with van der Waals surface area (Å²) in [6, 6.07) is 15.1. The molecule has 4 nitrogen and oxygen atoms in total. The summed E-state index contributed by atoms with van der Waals surface area (Å²) in [5.74, 6) is -2.07. The highest BCUT2D eigenvalue weighted by molar-refractivity contribution is 6.32. The van der Waals surface area contributed by atoms with Gasteiger partial charge in [-0.3, -0.25) is 14.4 Å². The van der Waals surface area contributed by atoms with E-state index < -0.39 is 46.7 Å². The molecule has 0 amide bonds. The van der Waals surface area contributed by atoms with Gasteiger partial charge in [-0.15, -0.1) is 0 Å². The Morgan fingerprint density at radius 3 is 2.11 bits per heavy atom. The lowest BCUT2D eigenvalue weighted by atomic mass is 9.64. The maximum absolute atomic E-state index is 14.3. The average Bonchev–Trinajstić information content (AvgIpc) is 3.30. The summed E-state index contributed by atoms with van der Waals surface area (Å²) in [4.78, 5) is 43.7. The molecule has 37 heavy (non-hydrogen) atoms. The molecular weight excluding hydrogens is 479 g/mol. The Morgan fingerprint density at radius 1 is 0.919 bits per heavy atom. The smallest absolute Gasteiger partial charge is 0.352 e. The number of nitrogens with zero attached hydrogens (tertiary/aromatic N) is 1. The summed E-state index contributed by atoms with van der Waals surface area (Å²) in [7, 11) is 0. The summed E-state index contributed by atoms with van der Waals surface area (Å²) in [5, 5.41) is 0. The predicted molar refractivity (Wildman–Crippen MR) is 133 cm³/mol. The minimum absolute atomic E-state index is 0.272. The van der Waals surface area contributed by atoms with Crippen LogP contribution in [0.4, 0.5) is 18.9 Å². The van der Waals surface area contributed by atoms with Gasteiger partial charge in [0.1, 0.15) is 5.41 Å². The molecule has 0 saturated carbocycles. The van der Waals surface area contributed by atoms with Crippen LogP contribution in [0.15, 0.2) is 72.8 Å². The topological polar surface area (TPSA) is 54.5 Å². The second kappa shape index (κ2) is 7.75. The van der Waals surface area contributed by atoms with Crippen LogP contribution in [0.3, 0.4) is 0 Å². The first-order valence-corrected chi connectivity index (χ1v) is 12.0. The van der Waals surface area contributed by atoms with E-state index in [0.717, 1.165) is 28.9 Å². The van der Waals surface area contributed by atoms with Crippen molar-refractivity contribution in [2.45, 2.75) is 38.0 Å². The largest absolute Gasteiger partial charge is 0.416 e. The number of alkyl halides is 3. The van der Waals surface area contributed by atoms with E-state index in [1.165, 1.54) is 19.1 Å². The van der Waals surface area contributed by atoms with E-state index in [9.17, 15) is 27.6 Å². The molecule has 2 heterocycles. The fourth-order valence-electron chi connectivity index (χ4n) is 6.48. The Bertz CT molecular complexity index is 1480. The van der Waals surface area contributed by atoms with Crippen molar-refractivity contribution in [3.05, 3.63) is 106 Å². The Kier molecular flexibility index (Phi) is 4.90. The first-order valence-electron chi connectivity index (χ1n) is 12.0. The number of ketones is 3. The second-order valence-corrected chi connectivity index (χ2v) is 10.00. The van der Waals surface area contributed by atoms with Crippen LogP contribution >= 0.6 is 0 Å². The van der Waals surface area contributed by atoms with E-state index in [1.807, 2.05) is 36.1 Å². The predicted octanol–water partition coefficient (Wildman–Crippen LogP) is 6.04. The molecule has 3 aliphatic rings. The summed E-state index contributed by atoms with van der Waals surface area (Å²) in [5.41, 5.74) is 0.860.